The van der Waals surface area contributed by atoms with Crippen LogP contribution in [0.2, 0.25) is 0 Å². The second-order valence-electron chi connectivity index (χ2n) is 4.79. The summed E-state index contributed by atoms with van der Waals surface area (Å²) in [5.41, 5.74) is -1.18. The van der Waals surface area contributed by atoms with Gasteiger partial charge in [-0.1, -0.05) is 24.8 Å². The van der Waals surface area contributed by atoms with Crippen LogP contribution in [0.25, 0.3) is 0 Å². The number of carbonyl (C=O) groups is 1. The quantitative estimate of drug-likeness (QED) is 0.557. The highest BCUT2D eigenvalue weighted by molar-refractivity contribution is 5.79. The standard InChI is InChI=1S/C13H18O4/c1-2-6-17-12(16)13(8-14)10-5-3-4-9(10)7-11(13)15/h2-3,5,9-11,14-15H,1,4,6-8H2/t9-,10-,11+,13-/m1/s1. The van der Waals surface area contributed by atoms with Gasteiger partial charge in [-0.25, -0.2) is 0 Å². The van der Waals surface area contributed by atoms with Gasteiger partial charge in [0.1, 0.15) is 12.0 Å². The van der Waals surface area contributed by atoms with Crippen LogP contribution < -0.4 is 0 Å². The Labute approximate surface area is 101 Å². The van der Waals surface area contributed by atoms with Gasteiger partial charge in [0, 0.05) is 5.92 Å². The average molecular weight is 238 g/mol. The monoisotopic (exact) mass is 238 g/mol. The Morgan fingerprint density at radius 1 is 1.65 bits per heavy atom. The summed E-state index contributed by atoms with van der Waals surface area (Å²) in [6.45, 7) is 3.20. The fourth-order valence-corrected chi connectivity index (χ4v) is 3.07. The molecule has 0 aromatic rings. The minimum absolute atomic E-state index is 0.106. The van der Waals surface area contributed by atoms with E-state index < -0.39 is 17.5 Å². The number of ether oxygens (including phenoxy) is 1. The molecule has 0 aromatic heterocycles. The van der Waals surface area contributed by atoms with E-state index in [1.807, 2.05) is 12.2 Å². The van der Waals surface area contributed by atoms with E-state index in [-0.39, 0.29) is 25.0 Å². The maximum atomic E-state index is 12.1. The van der Waals surface area contributed by atoms with Crippen LogP contribution in [0.4, 0.5) is 0 Å². The molecular formula is C13H18O4. The predicted molar refractivity (Wildman–Crippen MR) is 62.0 cm³/mol. The molecule has 0 aliphatic heterocycles. The maximum absolute atomic E-state index is 12.1. The lowest BCUT2D eigenvalue weighted by molar-refractivity contribution is -0.166. The normalized spacial score (nSPS) is 39.1. The Hall–Kier alpha value is -1.13. The predicted octanol–water partition coefficient (Wildman–Crippen LogP) is 0.651. The number of aliphatic hydroxyl groups is 2. The molecule has 0 heterocycles. The summed E-state index contributed by atoms with van der Waals surface area (Å²) in [5.74, 6) is -0.389. The summed E-state index contributed by atoms with van der Waals surface area (Å²) in [6, 6.07) is 0. The first kappa shape index (κ1) is 12.3. The highest BCUT2D eigenvalue weighted by Gasteiger charge is 2.59. The summed E-state index contributed by atoms with van der Waals surface area (Å²) in [4.78, 5) is 12.1. The molecule has 94 valence electrons. The zero-order valence-corrected chi connectivity index (χ0v) is 9.71. The number of fused-ring (bicyclic) bond motifs is 1. The Bertz CT molecular complexity index is 349. The van der Waals surface area contributed by atoms with Gasteiger partial charge in [0.25, 0.3) is 0 Å². The van der Waals surface area contributed by atoms with Gasteiger partial charge in [-0.15, -0.1) is 0 Å². The first-order chi connectivity index (χ1) is 8.16. The van der Waals surface area contributed by atoms with Crippen molar-refractivity contribution in [3.8, 4) is 0 Å². The minimum Gasteiger partial charge on any atom is -0.461 e. The lowest BCUT2D eigenvalue weighted by atomic mass is 9.76. The van der Waals surface area contributed by atoms with Gasteiger partial charge >= 0.3 is 5.97 Å². The van der Waals surface area contributed by atoms with Crippen LogP contribution in [0, 0.1) is 17.3 Å². The summed E-state index contributed by atoms with van der Waals surface area (Å²) in [5, 5.41) is 19.7. The van der Waals surface area contributed by atoms with Crippen LogP contribution in [0.3, 0.4) is 0 Å². The molecule has 17 heavy (non-hydrogen) atoms. The zero-order chi connectivity index (χ0) is 12.5. The van der Waals surface area contributed by atoms with Gasteiger partial charge < -0.3 is 14.9 Å². The average Bonchev–Trinajstić information content (AvgIpc) is 2.85. The zero-order valence-electron chi connectivity index (χ0n) is 9.71. The summed E-state index contributed by atoms with van der Waals surface area (Å²) in [6.07, 6.45) is 5.98. The third kappa shape index (κ3) is 1.72. The molecule has 0 spiro atoms. The highest BCUT2D eigenvalue weighted by atomic mass is 16.5. The van der Waals surface area contributed by atoms with E-state index in [2.05, 4.69) is 6.58 Å². The summed E-state index contributed by atoms with van der Waals surface area (Å²) < 4.78 is 5.04. The van der Waals surface area contributed by atoms with E-state index in [1.165, 1.54) is 6.08 Å². The molecule has 4 nitrogen and oxygen atoms in total. The Morgan fingerprint density at radius 3 is 3.06 bits per heavy atom. The molecule has 0 radical (unpaired) electrons. The smallest absolute Gasteiger partial charge is 0.318 e. The number of hydrogen-bond donors (Lipinski definition) is 2. The molecule has 2 rings (SSSR count). The largest absolute Gasteiger partial charge is 0.461 e. The van der Waals surface area contributed by atoms with E-state index in [0.29, 0.717) is 6.42 Å². The SMILES string of the molecule is C=CCOC(=O)[C@]1(CO)[C@@H]2C=CC[C@@H]2C[C@@H]1O. The van der Waals surface area contributed by atoms with Crippen molar-refractivity contribution in [2.75, 3.05) is 13.2 Å². The third-order valence-electron chi connectivity index (χ3n) is 3.98. The Kier molecular flexibility index (Phi) is 3.35. The van der Waals surface area contributed by atoms with Gasteiger partial charge in [0.05, 0.1) is 12.7 Å². The second kappa shape index (κ2) is 4.63. The highest BCUT2D eigenvalue weighted by Crippen LogP contribution is 2.52. The van der Waals surface area contributed by atoms with Gasteiger partial charge in [-0.05, 0) is 18.8 Å². The molecule has 4 atom stereocenters. The van der Waals surface area contributed by atoms with E-state index in [0.717, 1.165) is 6.42 Å². The van der Waals surface area contributed by atoms with Gasteiger partial charge in [0.15, 0.2) is 0 Å². The topological polar surface area (TPSA) is 66.8 Å². The van der Waals surface area contributed by atoms with Crippen molar-refractivity contribution in [1.29, 1.82) is 0 Å². The molecule has 0 aromatic carbocycles. The first-order valence-electron chi connectivity index (χ1n) is 5.90. The molecule has 4 heteroatoms. The fraction of sp³-hybridized carbons (Fsp3) is 0.615. The van der Waals surface area contributed by atoms with Crippen molar-refractivity contribution in [1.82, 2.24) is 0 Å². The van der Waals surface area contributed by atoms with Crippen LogP contribution >= 0.6 is 0 Å². The molecule has 2 aliphatic carbocycles. The lowest BCUT2D eigenvalue weighted by Crippen LogP contribution is -2.47. The minimum atomic E-state index is -1.18. The van der Waals surface area contributed by atoms with Crippen LogP contribution in [-0.4, -0.2) is 35.5 Å². The number of allylic oxidation sites excluding steroid dienone is 2. The van der Waals surface area contributed by atoms with Crippen molar-refractivity contribution in [2.45, 2.75) is 18.9 Å². The van der Waals surface area contributed by atoms with E-state index in [9.17, 15) is 15.0 Å². The van der Waals surface area contributed by atoms with E-state index >= 15 is 0 Å². The second-order valence-corrected chi connectivity index (χ2v) is 4.79. The first-order valence-corrected chi connectivity index (χ1v) is 5.90. The Balaban J connectivity index is 2.25. The van der Waals surface area contributed by atoms with Crippen molar-refractivity contribution in [3.63, 3.8) is 0 Å². The van der Waals surface area contributed by atoms with Crippen molar-refractivity contribution in [2.24, 2.45) is 17.3 Å². The lowest BCUT2D eigenvalue weighted by Gasteiger charge is -2.32. The molecule has 0 amide bonds. The molecule has 0 saturated heterocycles. The van der Waals surface area contributed by atoms with Crippen molar-refractivity contribution >= 4 is 5.97 Å². The third-order valence-corrected chi connectivity index (χ3v) is 3.98. The molecule has 0 unspecified atom stereocenters. The number of rotatable bonds is 4. The number of carbonyl (C=O) groups excluding carboxylic acids is 1. The van der Waals surface area contributed by atoms with E-state index in [4.69, 9.17) is 4.74 Å². The number of aliphatic hydroxyl groups excluding tert-OH is 2. The van der Waals surface area contributed by atoms with Crippen LogP contribution in [0.15, 0.2) is 24.8 Å². The molecule has 2 N–H and O–H groups in total. The van der Waals surface area contributed by atoms with Crippen LogP contribution in [0.1, 0.15) is 12.8 Å². The van der Waals surface area contributed by atoms with Crippen molar-refractivity contribution < 1.29 is 19.7 Å². The molecule has 2 aliphatic rings. The maximum Gasteiger partial charge on any atom is 0.318 e. The van der Waals surface area contributed by atoms with Gasteiger partial charge in [0.2, 0.25) is 0 Å². The van der Waals surface area contributed by atoms with Crippen LogP contribution in [0.5, 0.6) is 0 Å². The number of esters is 1. The molecule has 1 fully saturated rings. The van der Waals surface area contributed by atoms with Gasteiger partial charge in [-0.3, -0.25) is 4.79 Å². The summed E-state index contributed by atoms with van der Waals surface area (Å²) >= 11 is 0. The Morgan fingerprint density at radius 2 is 2.41 bits per heavy atom. The fourth-order valence-electron chi connectivity index (χ4n) is 3.07. The van der Waals surface area contributed by atoms with E-state index in [1.54, 1.807) is 0 Å². The van der Waals surface area contributed by atoms with Crippen molar-refractivity contribution in [3.05, 3.63) is 24.8 Å². The summed E-state index contributed by atoms with van der Waals surface area (Å²) in [7, 11) is 0. The van der Waals surface area contributed by atoms with Crippen LogP contribution in [-0.2, 0) is 9.53 Å². The number of hydrogen-bond acceptors (Lipinski definition) is 4. The molecule has 1 saturated carbocycles. The molecule has 0 bridgehead atoms. The van der Waals surface area contributed by atoms with Gasteiger partial charge in [-0.2, -0.15) is 0 Å². The molecular weight excluding hydrogens is 220 g/mol.